The maximum absolute atomic E-state index is 11.6. The molecule has 0 spiro atoms. The van der Waals surface area contributed by atoms with Crippen LogP contribution in [0.5, 0.6) is 0 Å². The number of carbonyl (C=O) groups is 1. The van der Waals surface area contributed by atoms with Crippen LogP contribution in [0.1, 0.15) is 12.8 Å². The monoisotopic (exact) mass is 327 g/mol. The number of rotatable bonds is 5. The van der Waals surface area contributed by atoms with Crippen LogP contribution < -0.4 is 0 Å². The number of piperidine rings is 1. The number of hydrogen-bond acceptors (Lipinski definition) is 4. The fraction of sp³-hybridized carbons (Fsp3) is 0.900. The fourth-order valence-corrected chi connectivity index (χ4v) is 2.62. The van der Waals surface area contributed by atoms with Crippen LogP contribution in [-0.2, 0) is 19.4 Å². The van der Waals surface area contributed by atoms with E-state index in [9.17, 15) is 13.2 Å². The number of alkyl halides is 1. The third-order valence-corrected chi connectivity index (χ3v) is 3.71. The molecule has 5 nitrogen and oxygen atoms in total. The Kier molecular flexibility index (Phi) is 5.88. The van der Waals surface area contributed by atoms with Crippen LogP contribution in [0.25, 0.3) is 0 Å². The highest BCUT2D eigenvalue weighted by atomic mass is 79.9. The molecule has 0 radical (unpaired) electrons. The standard InChI is InChI=1S/C10H18BrNO4S/c1-17(14,15)8-10(13)12-5-2-9(3-6-12)16-7-4-11/h9H,2-8H2,1H3. The van der Waals surface area contributed by atoms with Gasteiger partial charge in [0.15, 0.2) is 9.84 Å². The number of nitrogens with zero attached hydrogens (tertiary/aromatic N) is 1. The van der Waals surface area contributed by atoms with Crippen molar-refractivity contribution in [2.45, 2.75) is 18.9 Å². The van der Waals surface area contributed by atoms with Crippen LogP contribution in [-0.4, -0.2) is 62.4 Å². The Morgan fingerprint density at radius 3 is 2.47 bits per heavy atom. The average molecular weight is 328 g/mol. The van der Waals surface area contributed by atoms with Gasteiger partial charge >= 0.3 is 0 Å². The van der Waals surface area contributed by atoms with E-state index in [2.05, 4.69) is 15.9 Å². The summed E-state index contributed by atoms with van der Waals surface area (Å²) in [5, 5.41) is 0.806. The van der Waals surface area contributed by atoms with Crippen molar-refractivity contribution in [3.63, 3.8) is 0 Å². The summed E-state index contributed by atoms with van der Waals surface area (Å²) < 4.78 is 27.6. The van der Waals surface area contributed by atoms with Crippen LogP contribution >= 0.6 is 15.9 Å². The molecule has 1 fully saturated rings. The van der Waals surface area contributed by atoms with Gasteiger partial charge in [0.25, 0.3) is 0 Å². The van der Waals surface area contributed by atoms with E-state index in [1.165, 1.54) is 0 Å². The molecule has 0 bridgehead atoms. The number of sulfone groups is 1. The molecule has 0 N–H and O–H groups in total. The van der Waals surface area contributed by atoms with Crippen molar-refractivity contribution in [3.05, 3.63) is 0 Å². The van der Waals surface area contributed by atoms with Crippen LogP contribution in [0.4, 0.5) is 0 Å². The van der Waals surface area contributed by atoms with Gasteiger partial charge in [0.1, 0.15) is 5.75 Å². The lowest BCUT2D eigenvalue weighted by molar-refractivity contribution is -0.130. The first-order valence-electron chi connectivity index (χ1n) is 5.55. The van der Waals surface area contributed by atoms with Gasteiger partial charge in [-0.15, -0.1) is 0 Å². The van der Waals surface area contributed by atoms with Crippen molar-refractivity contribution in [1.82, 2.24) is 4.90 Å². The minimum absolute atomic E-state index is 0.190. The second kappa shape index (κ2) is 6.70. The third-order valence-electron chi connectivity index (χ3n) is 2.61. The van der Waals surface area contributed by atoms with E-state index < -0.39 is 9.84 Å². The number of carbonyl (C=O) groups excluding carboxylic acids is 1. The molecular formula is C10H18BrNO4S. The molecule has 7 heteroatoms. The Bertz CT molecular complexity index is 349. The number of ether oxygens (including phenoxy) is 1. The van der Waals surface area contributed by atoms with Crippen molar-refractivity contribution in [2.75, 3.05) is 37.0 Å². The topological polar surface area (TPSA) is 63.7 Å². The van der Waals surface area contributed by atoms with Crippen molar-refractivity contribution in [1.29, 1.82) is 0 Å². The molecule has 0 unspecified atom stereocenters. The van der Waals surface area contributed by atoms with Crippen molar-refractivity contribution >= 4 is 31.7 Å². The van der Waals surface area contributed by atoms with Crippen molar-refractivity contribution < 1.29 is 17.9 Å². The first-order valence-corrected chi connectivity index (χ1v) is 8.73. The summed E-state index contributed by atoms with van der Waals surface area (Å²) in [4.78, 5) is 13.2. The van der Waals surface area contributed by atoms with E-state index in [1.807, 2.05) is 0 Å². The number of hydrogen-bond donors (Lipinski definition) is 0. The van der Waals surface area contributed by atoms with Gasteiger partial charge in [-0.25, -0.2) is 8.42 Å². The maximum Gasteiger partial charge on any atom is 0.237 e. The lowest BCUT2D eigenvalue weighted by Crippen LogP contribution is -2.43. The molecule has 17 heavy (non-hydrogen) atoms. The van der Waals surface area contributed by atoms with Crippen LogP contribution in [0.3, 0.4) is 0 Å². The van der Waals surface area contributed by atoms with E-state index in [4.69, 9.17) is 4.74 Å². The zero-order chi connectivity index (χ0) is 12.9. The molecule has 0 aromatic heterocycles. The largest absolute Gasteiger partial charge is 0.377 e. The molecule has 1 aliphatic heterocycles. The Hall–Kier alpha value is -0.140. The zero-order valence-corrected chi connectivity index (χ0v) is 12.3. The first kappa shape index (κ1) is 14.9. The molecule has 1 amide bonds. The molecule has 1 saturated heterocycles. The second-order valence-electron chi connectivity index (χ2n) is 4.21. The lowest BCUT2D eigenvalue weighted by Gasteiger charge is -2.31. The zero-order valence-electron chi connectivity index (χ0n) is 9.89. The Labute approximate surface area is 111 Å². The van der Waals surface area contributed by atoms with Crippen LogP contribution in [0, 0.1) is 0 Å². The molecule has 0 atom stereocenters. The molecule has 1 rings (SSSR count). The van der Waals surface area contributed by atoms with E-state index in [0.717, 1.165) is 24.4 Å². The van der Waals surface area contributed by atoms with Gasteiger partial charge in [0, 0.05) is 24.7 Å². The van der Waals surface area contributed by atoms with Gasteiger partial charge in [-0.2, -0.15) is 0 Å². The van der Waals surface area contributed by atoms with Gasteiger partial charge < -0.3 is 9.64 Å². The molecule has 1 heterocycles. The summed E-state index contributed by atoms with van der Waals surface area (Å²) >= 11 is 3.29. The van der Waals surface area contributed by atoms with Crippen LogP contribution in [0.2, 0.25) is 0 Å². The van der Waals surface area contributed by atoms with E-state index in [0.29, 0.717) is 19.7 Å². The number of halogens is 1. The predicted octanol–water partition coefficient (Wildman–Crippen LogP) is 0.433. The highest BCUT2D eigenvalue weighted by Crippen LogP contribution is 2.14. The van der Waals surface area contributed by atoms with Gasteiger partial charge in [-0.3, -0.25) is 4.79 Å². The molecule has 1 aliphatic rings. The number of amides is 1. The SMILES string of the molecule is CS(=O)(=O)CC(=O)N1CCC(OCCBr)CC1. The quantitative estimate of drug-likeness (QED) is 0.687. The molecule has 100 valence electrons. The molecule has 0 aromatic rings. The Morgan fingerprint density at radius 1 is 1.41 bits per heavy atom. The molecule has 0 aromatic carbocycles. The second-order valence-corrected chi connectivity index (χ2v) is 7.14. The molecular weight excluding hydrogens is 310 g/mol. The highest BCUT2D eigenvalue weighted by Gasteiger charge is 2.24. The van der Waals surface area contributed by atoms with Crippen LogP contribution in [0.15, 0.2) is 0 Å². The summed E-state index contributed by atoms with van der Waals surface area (Å²) in [6, 6.07) is 0. The summed E-state index contributed by atoms with van der Waals surface area (Å²) in [7, 11) is -3.23. The Morgan fingerprint density at radius 2 is 2.00 bits per heavy atom. The normalized spacial score (nSPS) is 18.4. The van der Waals surface area contributed by atoms with Crippen molar-refractivity contribution in [3.8, 4) is 0 Å². The molecule has 0 saturated carbocycles. The minimum Gasteiger partial charge on any atom is -0.377 e. The first-order chi connectivity index (χ1) is 7.92. The lowest BCUT2D eigenvalue weighted by atomic mass is 10.1. The smallest absolute Gasteiger partial charge is 0.237 e. The maximum atomic E-state index is 11.6. The average Bonchev–Trinajstić information content (AvgIpc) is 2.24. The predicted molar refractivity (Wildman–Crippen MR) is 69.1 cm³/mol. The Balaban J connectivity index is 2.34. The van der Waals surface area contributed by atoms with Gasteiger partial charge in [0.2, 0.25) is 5.91 Å². The van der Waals surface area contributed by atoms with Gasteiger partial charge in [-0.05, 0) is 12.8 Å². The third kappa shape index (κ3) is 5.83. The van der Waals surface area contributed by atoms with Gasteiger partial charge in [-0.1, -0.05) is 15.9 Å². The van der Waals surface area contributed by atoms with E-state index in [1.54, 1.807) is 4.90 Å². The van der Waals surface area contributed by atoms with E-state index >= 15 is 0 Å². The summed E-state index contributed by atoms with van der Waals surface area (Å²) in [5.41, 5.74) is 0. The summed E-state index contributed by atoms with van der Waals surface area (Å²) in [6.45, 7) is 1.84. The highest BCUT2D eigenvalue weighted by molar-refractivity contribution is 9.09. The fourth-order valence-electron chi connectivity index (χ4n) is 1.80. The number of likely N-dealkylation sites (tertiary alicyclic amines) is 1. The summed E-state index contributed by atoms with van der Waals surface area (Å²) in [5.74, 6) is -0.689. The van der Waals surface area contributed by atoms with E-state index in [-0.39, 0.29) is 17.8 Å². The minimum atomic E-state index is -3.23. The molecule has 0 aliphatic carbocycles. The van der Waals surface area contributed by atoms with Gasteiger partial charge in [0.05, 0.1) is 12.7 Å². The summed E-state index contributed by atoms with van der Waals surface area (Å²) in [6.07, 6.45) is 2.83. The van der Waals surface area contributed by atoms with Crippen molar-refractivity contribution in [2.24, 2.45) is 0 Å².